The van der Waals surface area contributed by atoms with Gasteiger partial charge in [0, 0.05) is 5.41 Å². The zero-order valence-corrected chi connectivity index (χ0v) is 14.1. The molecule has 0 aliphatic heterocycles. The molecule has 0 fully saturated rings. The smallest absolute Gasteiger partial charge is 0.0240 e. The summed E-state index contributed by atoms with van der Waals surface area (Å²) in [6.45, 7) is 14.2. The molecular formula is C22H28. The largest absolute Gasteiger partial charge is 0.0991 e. The quantitative estimate of drug-likeness (QED) is 0.551. The molecule has 0 radical (unpaired) electrons. The van der Waals surface area contributed by atoms with E-state index < -0.39 is 0 Å². The average molecular weight is 292 g/mol. The maximum absolute atomic E-state index is 4.01. The van der Waals surface area contributed by atoms with Crippen LogP contribution in [0.2, 0.25) is 0 Å². The highest BCUT2D eigenvalue weighted by Crippen LogP contribution is 2.43. The Labute approximate surface area is 136 Å². The van der Waals surface area contributed by atoms with Crippen molar-refractivity contribution in [3.05, 3.63) is 97.2 Å². The molecule has 116 valence electrons. The van der Waals surface area contributed by atoms with Crippen molar-refractivity contribution in [2.24, 2.45) is 5.92 Å². The van der Waals surface area contributed by atoms with Crippen LogP contribution in [0.25, 0.3) is 0 Å². The highest BCUT2D eigenvalue weighted by Gasteiger charge is 2.36. The minimum absolute atomic E-state index is 0.0849. The van der Waals surface area contributed by atoms with Crippen molar-refractivity contribution in [1.82, 2.24) is 0 Å². The first kappa shape index (κ1) is 18.0. The van der Waals surface area contributed by atoms with E-state index in [0.29, 0.717) is 5.92 Å². The Balaban J connectivity index is 0.00000116. The van der Waals surface area contributed by atoms with Gasteiger partial charge in [-0.2, -0.15) is 0 Å². The van der Waals surface area contributed by atoms with Crippen molar-refractivity contribution < 1.29 is 0 Å². The summed E-state index contributed by atoms with van der Waals surface area (Å²) in [6.07, 6.45) is 15.7. The Morgan fingerprint density at radius 1 is 1.14 bits per heavy atom. The van der Waals surface area contributed by atoms with Gasteiger partial charge >= 0.3 is 0 Å². The Morgan fingerprint density at radius 3 is 2.32 bits per heavy atom. The van der Waals surface area contributed by atoms with Gasteiger partial charge in [0.15, 0.2) is 0 Å². The molecular weight excluding hydrogens is 264 g/mol. The van der Waals surface area contributed by atoms with Crippen molar-refractivity contribution in [1.29, 1.82) is 0 Å². The fourth-order valence-corrected chi connectivity index (χ4v) is 2.97. The molecule has 1 unspecified atom stereocenters. The van der Waals surface area contributed by atoms with E-state index in [0.717, 1.165) is 6.42 Å². The predicted molar refractivity (Wildman–Crippen MR) is 100 cm³/mol. The van der Waals surface area contributed by atoms with Crippen LogP contribution >= 0.6 is 0 Å². The van der Waals surface area contributed by atoms with E-state index in [2.05, 4.69) is 80.8 Å². The van der Waals surface area contributed by atoms with E-state index in [9.17, 15) is 0 Å². The SMILES string of the molecule is C=C/C=C(\C=C)C(C)(c1ccccc1)[C@@H]1C=CC=CC1.CC. The van der Waals surface area contributed by atoms with Gasteiger partial charge in [-0.15, -0.1) is 0 Å². The second kappa shape index (κ2) is 9.04. The molecule has 1 aliphatic rings. The molecule has 2 atom stereocenters. The molecule has 0 spiro atoms. The normalized spacial score (nSPS) is 19.6. The molecule has 1 aliphatic carbocycles. The van der Waals surface area contributed by atoms with Gasteiger partial charge in [-0.05, 0) is 23.5 Å². The second-order valence-electron chi connectivity index (χ2n) is 5.29. The van der Waals surface area contributed by atoms with E-state index in [-0.39, 0.29) is 5.41 Å². The van der Waals surface area contributed by atoms with Crippen LogP contribution in [-0.4, -0.2) is 0 Å². The maximum atomic E-state index is 4.01. The molecule has 0 saturated heterocycles. The molecule has 0 bridgehead atoms. The van der Waals surface area contributed by atoms with E-state index in [1.54, 1.807) is 0 Å². The minimum Gasteiger partial charge on any atom is -0.0991 e. The van der Waals surface area contributed by atoms with Crippen LogP contribution in [0.4, 0.5) is 0 Å². The number of hydrogen-bond acceptors (Lipinski definition) is 0. The Bertz CT molecular complexity index is 557. The summed E-state index contributed by atoms with van der Waals surface area (Å²) in [6, 6.07) is 10.7. The van der Waals surface area contributed by atoms with E-state index in [1.165, 1.54) is 11.1 Å². The average Bonchev–Trinajstić information content (AvgIpc) is 2.62. The highest BCUT2D eigenvalue weighted by molar-refractivity contribution is 5.44. The fourth-order valence-electron chi connectivity index (χ4n) is 2.97. The summed E-state index contributed by atoms with van der Waals surface area (Å²) in [4.78, 5) is 0. The van der Waals surface area contributed by atoms with Crippen molar-refractivity contribution in [2.75, 3.05) is 0 Å². The molecule has 0 amide bonds. The molecule has 1 aromatic carbocycles. The summed E-state index contributed by atoms with van der Waals surface area (Å²) in [5.41, 5.74) is 2.44. The lowest BCUT2D eigenvalue weighted by Gasteiger charge is -2.38. The topological polar surface area (TPSA) is 0 Å². The number of allylic oxidation sites excluding steroid dienone is 8. The zero-order valence-electron chi connectivity index (χ0n) is 14.1. The predicted octanol–water partition coefficient (Wildman–Crippen LogP) is 6.40. The van der Waals surface area contributed by atoms with Gasteiger partial charge in [0.1, 0.15) is 0 Å². The van der Waals surface area contributed by atoms with E-state index in [1.807, 2.05) is 26.0 Å². The molecule has 0 aromatic heterocycles. The monoisotopic (exact) mass is 292 g/mol. The van der Waals surface area contributed by atoms with Crippen molar-refractivity contribution in [3.8, 4) is 0 Å². The summed E-state index contributed by atoms with van der Waals surface area (Å²) in [5, 5.41) is 0. The van der Waals surface area contributed by atoms with Crippen LogP contribution in [0.5, 0.6) is 0 Å². The molecule has 0 saturated carbocycles. The minimum atomic E-state index is -0.0849. The number of benzene rings is 1. The molecule has 0 heteroatoms. The third-order valence-corrected chi connectivity index (χ3v) is 4.21. The first-order valence-electron chi connectivity index (χ1n) is 8.08. The van der Waals surface area contributed by atoms with Crippen LogP contribution < -0.4 is 0 Å². The van der Waals surface area contributed by atoms with Crippen LogP contribution in [0.1, 0.15) is 32.8 Å². The summed E-state index contributed by atoms with van der Waals surface area (Å²) >= 11 is 0. The molecule has 0 heterocycles. The first-order chi connectivity index (χ1) is 10.7. The summed E-state index contributed by atoms with van der Waals surface area (Å²) < 4.78 is 0. The Morgan fingerprint density at radius 2 is 1.82 bits per heavy atom. The lowest BCUT2D eigenvalue weighted by molar-refractivity contribution is 0.414. The lowest BCUT2D eigenvalue weighted by Crippen LogP contribution is -2.33. The molecule has 22 heavy (non-hydrogen) atoms. The second-order valence-corrected chi connectivity index (χ2v) is 5.29. The van der Waals surface area contributed by atoms with Crippen molar-refractivity contribution >= 4 is 0 Å². The van der Waals surface area contributed by atoms with Gasteiger partial charge < -0.3 is 0 Å². The van der Waals surface area contributed by atoms with E-state index in [4.69, 9.17) is 0 Å². The zero-order chi connectivity index (χ0) is 16.4. The van der Waals surface area contributed by atoms with Crippen molar-refractivity contribution in [3.63, 3.8) is 0 Å². The van der Waals surface area contributed by atoms with Crippen LogP contribution in [-0.2, 0) is 5.41 Å². The molecule has 0 nitrogen and oxygen atoms in total. The highest BCUT2D eigenvalue weighted by atomic mass is 14.4. The van der Waals surface area contributed by atoms with Gasteiger partial charge in [-0.3, -0.25) is 0 Å². The fraction of sp³-hybridized carbons (Fsp3) is 0.273. The molecule has 0 N–H and O–H groups in total. The first-order valence-corrected chi connectivity index (χ1v) is 8.08. The van der Waals surface area contributed by atoms with Gasteiger partial charge in [-0.25, -0.2) is 0 Å². The lowest BCUT2D eigenvalue weighted by atomic mass is 9.64. The van der Waals surface area contributed by atoms with Crippen LogP contribution in [0, 0.1) is 5.92 Å². The van der Waals surface area contributed by atoms with Crippen molar-refractivity contribution in [2.45, 2.75) is 32.6 Å². The third kappa shape index (κ3) is 3.76. The van der Waals surface area contributed by atoms with Gasteiger partial charge in [0.2, 0.25) is 0 Å². The maximum Gasteiger partial charge on any atom is 0.0240 e. The number of rotatable bonds is 5. The van der Waals surface area contributed by atoms with Crippen LogP contribution in [0.3, 0.4) is 0 Å². The summed E-state index contributed by atoms with van der Waals surface area (Å²) in [7, 11) is 0. The molecule has 2 rings (SSSR count). The summed E-state index contributed by atoms with van der Waals surface area (Å²) in [5.74, 6) is 0.430. The standard InChI is InChI=1S/C20H22.C2H6/c1-4-12-17(5-2)20(3,18-13-8-6-9-14-18)19-15-10-7-11-16-19;1-2/h4-15,19H,1-2,16H2,3H3;1-2H3/b17-12+;/t19-,20?;/m1./s1. The third-order valence-electron chi connectivity index (χ3n) is 4.21. The van der Waals surface area contributed by atoms with Gasteiger partial charge in [0.05, 0.1) is 0 Å². The Kier molecular flexibility index (Phi) is 7.39. The molecule has 1 aromatic rings. The number of hydrogen-bond donors (Lipinski definition) is 0. The van der Waals surface area contributed by atoms with E-state index >= 15 is 0 Å². The van der Waals surface area contributed by atoms with Gasteiger partial charge in [-0.1, -0.05) is 107 Å². The van der Waals surface area contributed by atoms with Crippen LogP contribution in [0.15, 0.2) is 91.6 Å². The Hall–Kier alpha value is -2.08. The van der Waals surface area contributed by atoms with Gasteiger partial charge in [0.25, 0.3) is 0 Å².